The zero-order chi connectivity index (χ0) is 28.1. The fourth-order valence-electron chi connectivity index (χ4n) is 5.50. The van der Waals surface area contributed by atoms with Gasteiger partial charge in [-0.25, -0.2) is 14.7 Å². The van der Waals surface area contributed by atoms with Crippen LogP contribution in [0.2, 0.25) is 0 Å². The Morgan fingerprint density at radius 1 is 0.854 bits per heavy atom. The molecular weight excluding hydrogens is 512 g/mol. The molecule has 0 radical (unpaired) electrons. The van der Waals surface area contributed by atoms with Gasteiger partial charge in [0.05, 0.1) is 35.9 Å². The maximum absolute atomic E-state index is 10.4. The second-order valence-electron chi connectivity index (χ2n) is 10.1. The smallest absolute Gasteiger partial charge is 0.179 e. The molecule has 2 N–H and O–H groups in total. The number of aromatic hydroxyl groups is 1. The number of benzene rings is 4. The monoisotopic (exact) mass is 540 g/mol. The maximum atomic E-state index is 10.4. The highest BCUT2D eigenvalue weighted by Gasteiger charge is 2.41. The Morgan fingerprint density at radius 3 is 2.39 bits per heavy atom. The molecule has 0 bridgehead atoms. The van der Waals surface area contributed by atoms with E-state index in [9.17, 15) is 5.11 Å². The van der Waals surface area contributed by atoms with Crippen LogP contribution in [0.3, 0.4) is 0 Å². The summed E-state index contributed by atoms with van der Waals surface area (Å²) in [6, 6.07) is 31.4. The van der Waals surface area contributed by atoms with E-state index >= 15 is 0 Å². The molecule has 0 amide bonds. The number of fused-ring (bicyclic) bond motifs is 4. The van der Waals surface area contributed by atoms with Crippen molar-refractivity contribution in [3.8, 4) is 17.2 Å². The van der Waals surface area contributed by atoms with E-state index in [1.165, 1.54) is 5.56 Å². The average molecular weight is 541 g/mol. The summed E-state index contributed by atoms with van der Waals surface area (Å²) in [6.45, 7) is 4.08. The van der Waals surface area contributed by atoms with E-state index in [1.807, 2.05) is 84.4 Å². The molecule has 8 heteroatoms. The topological polar surface area (TPSA) is 87.3 Å². The number of aryl methyl sites for hydroxylation is 2. The van der Waals surface area contributed by atoms with Gasteiger partial charge in [0.2, 0.25) is 0 Å². The van der Waals surface area contributed by atoms with Gasteiger partial charge in [0.15, 0.2) is 29.0 Å². The summed E-state index contributed by atoms with van der Waals surface area (Å²) in [5.41, 5.74) is 7.51. The van der Waals surface area contributed by atoms with Gasteiger partial charge in [-0.2, -0.15) is 5.10 Å². The fourth-order valence-corrected chi connectivity index (χ4v) is 5.50. The number of methoxy groups -OCH3 is 1. The molecule has 5 aromatic rings. The van der Waals surface area contributed by atoms with Crippen LogP contribution in [0.25, 0.3) is 5.69 Å². The number of anilines is 2. The largest absolute Gasteiger partial charge is 0.504 e. The van der Waals surface area contributed by atoms with Crippen LogP contribution in [0.4, 0.5) is 22.9 Å². The normalized spacial score (nSPS) is 15.3. The zero-order valence-corrected chi connectivity index (χ0v) is 22.9. The molecular formula is C33H28N6O2. The van der Waals surface area contributed by atoms with E-state index in [1.54, 1.807) is 13.2 Å². The van der Waals surface area contributed by atoms with Crippen molar-refractivity contribution in [2.24, 2.45) is 9.98 Å². The number of nitrogens with zero attached hydrogens (tertiary/aromatic N) is 5. The first-order chi connectivity index (χ1) is 20.0. The van der Waals surface area contributed by atoms with E-state index in [0.717, 1.165) is 45.4 Å². The van der Waals surface area contributed by atoms with E-state index in [-0.39, 0.29) is 11.8 Å². The second kappa shape index (κ2) is 9.67. The molecule has 1 aromatic heterocycles. The number of phenols is 1. The third-order valence-electron chi connectivity index (χ3n) is 7.47. The van der Waals surface area contributed by atoms with Crippen molar-refractivity contribution in [1.82, 2.24) is 9.78 Å². The highest BCUT2D eigenvalue weighted by Crippen LogP contribution is 2.49. The van der Waals surface area contributed by atoms with Gasteiger partial charge in [-0.05, 0) is 67.9 Å². The van der Waals surface area contributed by atoms with Crippen LogP contribution in [-0.4, -0.2) is 33.7 Å². The standard InChI is InChI=1S/C33H28N6O2/c1-20-13-16-23(17-14-20)34-31-33-36-32-29(21(2)37-39(32)24-9-5-4-6-10-24)30(22-15-18-27(40)28(19-22)41-3)38(33)26-12-8-7-11-25(26)35-31/h4-19,30,40H,1-3H3,(H,34,35)/t30-/m0/s1. The molecule has 2 aliphatic heterocycles. The number of amidine groups is 2. The summed E-state index contributed by atoms with van der Waals surface area (Å²) in [4.78, 5) is 12.5. The lowest BCUT2D eigenvalue weighted by Gasteiger charge is -2.40. The molecule has 1 atom stereocenters. The molecule has 2 aliphatic rings. The average Bonchev–Trinajstić information content (AvgIpc) is 3.34. The predicted molar refractivity (Wildman–Crippen MR) is 163 cm³/mol. The number of rotatable bonds is 4. The van der Waals surface area contributed by atoms with Gasteiger partial charge in [-0.15, -0.1) is 0 Å². The number of ether oxygens (including phenoxy) is 1. The SMILES string of the molecule is COc1cc([C@H]2c3c(C)nn(-c4ccccc4)c3N=C3C(Nc4ccc(C)cc4)=Nc4ccccc4N32)ccc1O. The van der Waals surface area contributed by atoms with Crippen molar-refractivity contribution in [1.29, 1.82) is 0 Å². The lowest BCUT2D eigenvalue weighted by atomic mass is 9.93. The Balaban J connectivity index is 1.50. The molecule has 0 unspecified atom stereocenters. The fraction of sp³-hybridized carbons (Fsp3) is 0.121. The van der Waals surface area contributed by atoms with Gasteiger partial charge >= 0.3 is 0 Å². The quantitative estimate of drug-likeness (QED) is 0.256. The number of hydrogen-bond donors (Lipinski definition) is 2. The molecule has 3 heterocycles. The Morgan fingerprint density at radius 2 is 1.61 bits per heavy atom. The number of phenolic OH excluding ortho intramolecular Hbond substituents is 1. The first kappa shape index (κ1) is 24.7. The minimum absolute atomic E-state index is 0.0835. The van der Waals surface area contributed by atoms with Crippen LogP contribution in [0, 0.1) is 13.8 Å². The highest BCUT2D eigenvalue weighted by molar-refractivity contribution is 6.51. The Bertz CT molecular complexity index is 1840. The van der Waals surface area contributed by atoms with E-state index in [2.05, 4.69) is 35.3 Å². The summed E-state index contributed by atoms with van der Waals surface area (Å²) < 4.78 is 7.42. The van der Waals surface area contributed by atoms with Crippen molar-refractivity contribution in [2.45, 2.75) is 19.9 Å². The van der Waals surface area contributed by atoms with Gasteiger partial charge in [0, 0.05) is 11.3 Å². The molecule has 202 valence electrons. The number of nitrogens with one attached hydrogen (secondary N) is 1. The minimum Gasteiger partial charge on any atom is -0.504 e. The molecule has 0 aliphatic carbocycles. The predicted octanol–water partition coefficient (Wildman–Crippen LogP) is 7.00. The summed E-state index contributed by atoms with van der Waals surface area (Å²) in [5, 5.41) is 18.9. The molecule has 41 heavy (non-hydrogen) atoms. The van der Waals surface area contributed by atoms with Crippen molar-refractivity contribution in [2.75, 3.05) is 17.3 Å². The van der Waals surface area contributed by atoms with Crippen LogP contribution in [0.5, 0.6) is 11.5 Å². The maximum Gasteiger partial charge on any atom is 0.179 e. The lowest BCUT2D eigenvalue weighted by molar-refractivity contribution is 0.372. The van der Waals surface area contributed by atoms with Crippen molar-refractivity contribution in [3.05, 3.63) is 119 Å². The number of aromatic nitrogens is 2. The highest BCUT2D eigenvalue weighted by atomic mass is 16.5. The van der Waals surface area contributed by atoms with Crippen molar-refractivity contribution < 1.29 is 9.84 Å². The molecule has 0 saturated heterocycles. The van der Waals surface area contributed by atoms with E-state index in [4.69, 9.17) is 19.8 Å². The van der Waals surface area contributed by atoms with Gasteiger partial charge in [0.25, 0.3) is 0 Å². The zero-order valence-electron chi connectivity index (χ0n) is 22.9. The Hall–Kier alpha value is -5.37. The molecule has 0 spiro atoms. The van der Waals surface area contributed by atoms with E-state index < -0.39 is 0 Å². The lowest BCUT2D eigenvalue weighted by Crippen LogP contribution is -2.46. The summed E-state index contributed by atoms with van der Waals surface area (Å²) in [7, 11) is 1.56. The van der Waals surface area contributed by atoms with Crippen LogP contribution < -0.4 is 15.0 Å². The third-order valence-corrected chi connectivity index (χ3v) is 7.47. The minimum atomic E-state index is -0.323. The van der Waals surface area contributed by atoms with Crippen LogP contribution in [0.1, 0.15) is 28.4 Å². The van der Waals surface area contributed by atoms with Crippen LogP contribution in [-0.2, 0) is 0 Å². The van der Waals surface area contributed by atoms with Crippen molar-refractivity contribution >= 4 is 34.6 Å². The molecule has 7 rings (SSSR count). The second-order valence-corrected chi connectivity index (χ2v) is 10.1. The molecule has 4 aromatic carbocycles. The number of aliphatic imine (C=N–C) groups is 2. The summed E-state index contributed by atoms with van der Waals surface area (Å²) in [5.74, 6) is 2.52. The first-order valence-corrected chi connectivity index (χ1v) is 13.4. The molecule has 8 nitrogen and oxygen atoms in total. The van der Waals surface area contributed by atoms with Crippen LogP contribution >= 0.6 is 0 Å². The Labute approximate surface area is 237 Å². The molecule has 0 fully saturated rings. The summed E-state index contributed by atoms with van der Waals surface area (Å²) in [6.07, 6.45) is 0. The molecule has 0 saturated carbocycles. The first-order valence-electron chi connectivity index (χ1n) is 13.4. The Kier molecular flexibility index (Phi) is 5.82. The van der Waals surface area contributed by atoms with Crippen LogP contribution in [0.15, 0.2) is 107 Å². The number of hydrogen-bond acceptors (Lipinski definition) is 7. The third kappa shape index (κ3) is 4.12. The van der Waals surface area contributed by atoms with Gasteiger partial charge in [0.1, 0.15) is 0 Å². The van der Waals surface area contributed by atoms with Gasteiger partial charge < -0.3 is 20.1 Å². The van der Waals surface area contributed by atoms with E-state index in [0.29, 0.717) is 17.4 Å². The van der Waals surface area contributed by atoms with Crippen molar-refractivity contribution in [3.63, 3.8) is 0 Å². The van der Waals surface area contributed by atoms with Gasteiger partial charge in [-0.3, -0.25) is 0 Å². The van der Waals surface area contributed by atoms with Gasteiger partial charge in [-0.1, -0.05) is 54.1 Å². The summed E-state index contributed by atoms with van der Waals surface area (Å²) >= 11 is 0. The number of para-hydroxylation sites is 3.